The molecule has 0 amide bonds. The largest absolute Gasteiger partial charge is 0.466 e. The molecule has 0 bridgehead atoms. The molecule has 3 atom stereocenters. The Morgan fingerprint density at radius 3 is 2.70 bits per heavy atom. The molecule has 2 heterocycles. The minimum atomic E-state index is -0.556. The highest BCUT2D eigenvalue weighted by molar-refractivity contribution is 5.78. The summed E-state index contributed by atoms with van der Waals surface area (Å²) in [6.45, 7) is 9.52. The van der Waals surface area contributed by atoms with Crippen molar-refractivity contribution in [1.82, 2.24) is 15.8 Å². The molecule has 2 N–H and O–H groups in total. The van der Waals surface area contributed by atoms with Crippen molar-refractivity contribution >= 4 is 11.9 Å². The first-order chi connectivity index (χ1) is 14.5. The van der Waals surface area contributed by atoms with Crippen LogP contribution in [0.3, 0.4) is 0 Å². The fourth-order valence-electron chi connectivity index (χ4n) is 4.74. The van der Waals surface area contributed by atoms with Gasteiger partial charge in [-0.1, -0.05) is 24.3 Å². The van der Waals surface area contributed by atoms with Crippen LogP contribution in [0, 0.1) is 18.3 Å². The second kappa shape index (κ2) is 10.4. The van der Waals surface area contributed by atoms with E-state index in [4.69, 9.17) is 9.47 Å². The minimum absolute atomic E-state index is 0.0977. The lowest BCUT2D eigenvalue weighted by atomic mass is 9.74. The maximum absolute atomic E-state index is 13.1. The molecular weight excluding hydrogens is 382 g/mol. The number of carbonyl (C=O) groups is 2. The van der Waals surface area contributed by atoms with Gasteiger partial charge >= 0.3 is 11.9 Å². The van der Waals surface area contributed by atoms with Crippen molar-refractivity contribution in [2.45, 2.75) is 46.1 Å². The summed E-state index contributed by atoms with van der Waals surface area (Å²) in [5.41, 5.74) is 7.98. The number of benzene rings is 1. The van der Waals surface area contributed by atoms with Crippen LogP contribution in [-0.2, 0) is 25.5 Å². The molecule has 0 aliphatic carbocycles. The molecule has 2 saturated heterocycles. The maximum atomic E-state index is 13.1. The summed E-state index contributed by atoms with van der Waals surface area (Å²) in [6, 6.07) is 7.89. The minimum Gasteiger partial charge on any atom is -0.466 e. The molecule has 7 nitrogen and oxygen atoms in total. The van der Waals surface area contributed by atoms with Crippen molar-refractivity contribution in [2.24, 2.45) is 11.3 Å². The summed E-state index contributed by atoms with van der Waals surface area (Å²) >= 11 is 0. The Kier molecular flexibility index (Phi) is 7.86. The number of aryl methyl sites for hydroxylation is 1. The highest BCUT2D eigenvalue weighted by atomic mass is 16.5. The molecule has 2 aliphatic rings. The number of esters is 2. The van der Waals surface area contributed by atoms with Crippen LogP contribution in [0.4, 0.5) is 0 Å². The summed E-state index contributed by atoms with van der Waals surface area (Å²) in [4.78, 5) is 27.7. The SMILES string of the molecule is CCOC(=O)C1NNCC1CN1CCCC(Cc2ccccc2C)(C(=O)OCC)C1. The van der Waals surface area contributed by atoms with Gasteiger partial charge in [-0.2, -0.15) is 0 Å². The molecule has 7 heteroatoms. The highest BCUT2D eigenvalue weighted by Gasteiger charge is 2.45. The molecule has 30 heavy (non-hydrogen) atoms. The van der Waals surface area contributed by atoms with Crippen LogP contribution < -0.4 is 10.9 Å². The summed E-state index contributed by atoms with van der Waals surface area (Å²) in [6.07, 6.45) is 2.43. The molecule has 2 aliphatic heterocycles. The Labute approximate surface area is 179 Å². The maximum Gasteiger partial charge on any atom is 0.324 e. The van der Waals surface area contributed by atoms with Crippen molar-refractivity contribution in [2.75, 3.05) is 39.4 Å². The summed E-state index contributed by atoms with van der Waals surface area (Å²) < 4.78 is 10.8. The molecule has 0 radical (unpaired) electrons. The standard InChI is InChI=1S/C23H35N3O4/c1-4-29-21(27)20-19(14-24-25-20)15-26-12-8-11-23(16-26,22(28)30-5-2)13-18-10-7-6-9-17(18)3/h6-7,9-10,19-20,24-25H,4-5,8,11-16H2,1-3H3. The molecule has 1 aromatic carbocycles. The molecule has 0 aromatic heterocycles. The molecule has 166 valence electrons. The molecular formula is C23H35N3O4. The van der Waals surface area contributed by atoms with Gasteiger partial charge in [0.1, 0.15) is 6.04 Å². The Morgan fingerprint density at radius 2 is 1.97 bits per heavy atom. The molecule has 3 rings (SSSR count). The summed E-state index contributed by atoms with van der Waals surface area (Å²) in [5.74, 6) is -0.232. The van der Waals surface area contributed by atoms with Gasteiger partial charge in [-0.25, -0.2) is 5.43 Å². The second-order valence-electron chi connectivity index (χ2n) is 8.46. The zero-order chi connectivity index (χ0) is 21.6. The first-order valence-electron chi connectivity index (χ1n) is 11.1. The Balaban J connectivity index is 1.75. The predicted molar refractivity (Wildman–Crippen MR) is 115 cm³/mol. The van der Waals surface area contributed by atoms with E-state index in [-0.39, 0.29) is 23.9 Å². The van der Waals surface area contributed by atoms with Crippen molar-refractivity contribution in [3.8, 4) is 0 Å². The monoisotopic (exact) mass is 417 g/mol. The van der Waals surface area contributed by atoms with Gasteiger partial charge in [-0.15, -0.1) is 0 Å². The zero-order valence-corrected chi connectivity index (χ0v) is 18.4. The van der Waals surface area contributed by atoms with Crippen molar-refractivity contribution in [3.63, 3.8) is 0 Å². The van der Waals surface area contributed by atoms with E-state index in [0.29, 0.717) is 32.7 Å². The Hall–Kier alpha value is -1.96. The van der Waals surface area contributed by atoms with E-state index in [1.54, 1.807) is 0 Å². The van der Waals surface area contributed by atoms with Crippen molar-refractivity contribution < 1.29 is 19.1 Å². The smallest absolute Gasteiger partial charge is 0.324 e. The number of nitrogens with one attached hydrogen (secondary N) is 2. The van der Waals surface area contributed by atoms with Gasteiger partial charge in [0.2, 0.25) is 0 Å². The van der Waals surface area contributed by atoms with Gasteiger partial charge in [0.15, 0.2) is 0 Å². The van der Waals surface area contributed by atoms with Crippen LogP contribution in [-0.4, -0.2) is 62.3 Å². The lowest BCUT2D eigenvalue weighted by molar-refractivity contribution is -0.159. The Morgan fingerprint density at radius 1 is 1.20 bits per heavy atom. The fourth-order valence-corrected chi connectivity index (χ4v) is 4.74. The van der Waals surface area contributed by atoms with Crippen LogP contribution in [0.1, 0.15) is 37.8 Å². The van der Waals surface area contributed by atoms with Gasteiger partial charge in [0.05, 0.1) is 18.6 Å². The van der Waals surface area contributed by atoms with Gasteiger partial charge < -0.3 is 14.4 Å². The molecule has 0 saturated carbocycles. The van der Waals surface area contributed by atoms with Crippen LogP contribution in [0.5, 0.6) is 0 Å². The van der Waals surface area contributed by atoms with E-state index in [1.165, 1.54) is 11.1 Å². The number of ether oxygens (including phenoxy) is 2. The second-order valence-corrected chi connectivity index (χ2v) is 8.46. The van der Waals surface area contributed by atoms with Gasteiger partial charge in [-0.3, -0.25) is 15.0 Å². The van der Waals surface area contributed by atoms with Crippen LogP contribution >= 0.6 is 0 Å². The van der Waals surface area contributed by atoms with E-state index < -0.39 is 5.41 Å². The van der Waals surface area contributed by atoms with E-state index >= 15 is 0 Å². The number of piperidine rings is 1. The highest BCUT2D eigenvalue weighted by Crippen LogP contribution is 2.36. The first kappa shape index (κ1) is 22.7. The fraction of sp³-hybridized carbons (Fsp3) is 0.652. The van der Waals surface area contributed by atoms with E-state index in [9.17, 15) is 9.59 Å². The lowest BCUT2D eigenvalue weighted by Gasteiger charge is -2.42. The average molecular weight is 418 g/mol. The summed E-state index contributed by atoms with van der Waals surface area (Å²) in [5, 5.41) is 0. The third kappa shape index (κ3) is 5.20. The molecule has 3 unspecified atom stereocenters. The van der Waals surface area contributed by atoms with Crippen LogP contribution in [0.15, 0.2) is 24.3 Å². The van der Waals surface area contributed by atoms with E-state index in [2.05, 4.69) is 34.8 Å². The number of nitrogens with zero attached hydrogens (tertiary/aromatic N) is 1. The normalized spacial score (nSPS) is 27.0. The number of hydrazine groups is 1. The zero-order valence-electron chi connectivity index (χ0n) is 18.4. The van der Waals surface area contributed by atoms with Gasteiger partial charge in [-0.05, 0) is 57.7 Å². The van der Waals surface area contributed by atoms with Crippen LogP contribution in [0.25, 0.3) is 0 Å². The van der Waals surface area contributed by atoms with Crippen molar-refractivity contribution in [3.05, 3.63) is 35.4 Å². The number of rotatable bonds is 8. The molecule has 0 spiro atoms. The average Bonchev–Trinajstić information content (AvgIpc) is 3.18. The van der Waals surface area contributed by atoms with E-state index in [0.717, 1.165) is 25.9 Å². The third-order valence-electron chi connectivity index (χ3n) is 6.28. The predicted octanol–water partition coefficient (Wildman–Crippen LogP) is 1.84. The molecule has 1 aromatic rings. The number of hydrogen-bond donors (Lipinski definition) is 2. The third-order valence-corrected chi connectivity index (χ3v) is 6.28. The van der Waals surface area contributed by atoms with Crippen molar-refractivity contribution in [1.29, 1.82) is 0 Å². The topological polar surface area (TPSA) is 79.9 Å². The first-order valence-corrected chi connectivity index (χ1v) is 11.1. The lowest BCUT2D eigenvalue weighted by Crippen LogP contribution is -2.52. The van der Waals surface area contributed by atoms with Gasteiger partial charge in [0, 0.05) is 25.6 Å². The Bertz CT molecular complexity index is 741. The number of hydrogen-bond acceptors (Lipinski definition) is 7. The summed E-state index contributed by atoms with van der Waals surface area (Å²) in [7, 11) is 0. The van der Waals surface area contributed by atoms with E-state index in [1.807, 2.05) is 26.0 Å². The van der Waals surface area contributed by atoms with Gasteiger partial charge in [0.25, 0.3) is 0 Å². The number of likely N-dealkylation sites (tertiary alicyclic amines) is 1. The number of carbonyl (C=O) groups excluding carboxylic acids is 2. The quantitative estimate of drug-likeness (QED) is 0.625. The van der Waals surface area contributed by atoms with Crippen LogP contribution in [0.2, 0.25) is 0 Å². The molecule has 2 fully saturated rings.